The van der Waals surface area contributed by atoms with Crippen molar-refractivity contribution in [3.05, 3.63) is 23.5 Å². The number of hydrogen-bond donors (Lipinski definition) is 1. The first-order chi connectivity index (χ1) is 14.0. The molecule has 1 saturated heterocycles. The number of pyridine rings is 1. The van der Waals surface area contributed by atoms with Crippen LogP contribution in [0.1, 0.15) is 58.7 Å². The monoisotopic (exact) mass is 422 g/mol. The normalized spacial score (nSPS) is 21.8. The molecule has 2 rings (SSSR count). The summed E-state index contributed by atoms with van der Waals surface area (Å²) in [5.41, 5.74) is 0.710. The Morgan fingerprint density at radius 3 is 2.60 bits per heavy atom. The minimum atomic E-state index is -1.14. The van der Waals surface area contributed by atoms with E-state index in [1.54, 1.807) is 18.2 Å². The molecule has 1 aromatic rings. The average molecular weight is 423 g/mol. The molecule has 2 atom stereocenters. The van der Waals surface area contributed by atoms with Crippen molar-refractivity contribution in [1.29, 1.82) is 0 Å². The number of carbonyl (C=O) groups excluding carboxylic acids is 1. The Hall–Kier alpha value is -1.70. The highest BCUT2D eigenvalue weighted by Crippen LogP contribution is 2.41. The molecule has 0 spiro atoms. The second kappa shape index (κ2) is 10.1. The van der Waals surface area contributed by atoms with Crippen molar-refractivity contribution in [2.24, 2.45) is 11.3 Å². The van der Waals surface area contributed by atoms with E-state index in [1.807, 2.05) is 13.0 Å². The molecule has 1 fully saturated rings. The molecule has 1 amide bonds. The molecule has 0 saturated carbocycles. The lowest BCUT2D eigenvalue weighted by Crippen LogP contribution is -2.76. The number of aliphatic hydroxyl groups excluding tert-OH is 1. The van der Waals surface area contributed by atoms with E-state index in [9.17, 15) is 9.90 Å². The van der Waals surface area contributed by atoms with E-state index in [-0.39, 0.29) is 30.5 Å². The second-order valence-corrected chi connectivity index (χ2v) is 9.78. The number of aliphatic hydroxyl groups is 1. The topological polar surface area (TPSA) is 81.1 Å². The molecule has 30 heavy (non-hydrogen) atoms. The first kappa shape index (κ1) is 24.6. The maximum atomic E-state index is 13.0. The maximum Gasteiger partial charge on any atom is 0.259 e. The van der Waals surface area contributed by atoms with Crippen LogP contribution in [0.2, 0.25) is 0 Å². The SMILES string of the molecule is COCN1C(=O)[C@](Cc2cc(OCCC(C)(C)C)c(C)cn2)(OCO)[C@@H]1CC(C)C. The molecule has 1 aromatic heterocycles. The van der Waals surface area contributed by atoms with Crippen molar-refractivity contribution < 1.29 is 24.1 Å². The molecule has 7 heteroatoms. The summed E-state index contributed by atoms with van der Waals surface area (Å²) in [6.45, 7) is 13.0. The summed E-state index contributed by atoms with van der Waals surface area (Å²) >= 11 is 0. The number of ether oxygens (including phenoxy) is 3. The maximum absolute atomic E-state index is 13.0. The third-order valence-corrected chi connectivity index (χ3v) is 5.49. The van der Waals surface area contributed by atoms with Crippen LogP contribution < -0.4 is 4.74 Å². The zero-order chi connectivity index (χ0) is 22.5. The zero-order valence-electron chi connectivity index (χ0n) is 19.5. The van der Waals surface area contributed by atoms with Gasteiger partial charge in [-0.3, -0.25) is 9.78 Å². The van der Waals surface area contributed by atoms with Crippen LogP contribution in [0.25, 0.3) is 0 Å². The van der Waals surface area contributed by atoms with E-state index in [4.69, 9.17) is 14.2 Å². The summed E-state index contributed by atoms with van der Waals surface area (Å²) in [5.74, 6) is 0.942. The predicted molar refractivity (Wildman–Crippen MR) is 115 cm³/mol. The Balaban J connectivity index is 2.25. The number of β-lactam (4-membered cyclic amide) rings is 1. The first-order valence-electron chi connectivity index (χ1n) is 10.7. The van der Waals surface area contributed by atoms with Crippen LogP contribution in [0, 0.1) is 18.3 Å². The van der Waals surface area contributed by atoms with Crippen molar-refractivity contribution in [1.82, 2.24) is 9.88 Å². The molecule has 0 radical (unpaired) electrons. The van der Waals surface area contributed by atoms with Gasteiger partial charge in [0.05, 0.1) is 12.6 Å². The lowest BCUT2D eigenvalue weighted by molar-refractivity contribution is -0.232. The number of carbonyl (C=O) groups is 1. The minimum Gasteiger partial charge on any atom is -0.493 e. The third-order valence-electron chi connectivity index (χ3n) is 5.49. The van der Waals surface area contributed by atoms with Crippen molar-refractivity contribution >= 4 is 5.91 Å². The first-order valence-corrected chi connectivity index (χ1v) is 10.7. The van der Waals surface area contributed by atoms with E-state index in [2.05, 4.69) is 39.6 Å². The van der Waals surface area contributed by atoms with Gasteiger partial charge in [-0.15, -0.1) is 0 Å². The molecule has 0 aromatic carbocycles. The summed E-state index contributed by atoms with van der Waals surface area (Å²) in [7, 11) is 1.56. The molecule has 0 unspecified atom stereocenters. The Kier molecular flexibility index (Phi) is 8.25. The molecule has 1 aliphatic heterocycles. The average Bonchev–Trinajstić information content (AvgIpc) is 2.65. The van der Waals surface area contributed by atoms with E-state index < -0.39 is 12.4 Å². The number of hydrogen-bond acceptors (Lipinski definition) is 6. The fourth-order valence-electron chi connectivity index (χ4n) is 3.82. The molecule has 0 bridgehead atoms. The van der Waals surface area contributed by atoms with Crippen LogP contribution in [0.3, 0.4) is 0 Å². The van der Waals surface area contributed by atoms with Gasteiger partial charge in [0.2, 0.25) is 0 Å². The Morgan fingerprint density at radius 2 is 2.03 bits per heavy atom. The number of amides is 1. The van der Waals surface area contributed by atoms with Gasteiger partial charge < -0.3 is 24.2 Å². The van der Waals surface area contributed by atoms with E-state index in [1.165, 1.54) is 0 Å². The van der Waals surface area contributed by atoms with Gasteiger partial charge in [0.25, 0.3) is 5.91 Å². The van der Waals surface area contributed by atoms with Crippen LogP contribution in [0.15, 0.2) is 12.3 Å². The van der Waals surface area contributed by atoms with Gasteiger partial charge in [0.15, 0.2) is 5.60 Å². The van der Waals surface area contributed by atoms with Crippen molar-refractivity contribution in [3.8, 4) is 5.75 Å². The largest absolute Gasteiger partial charge is 0.493 e. The Morgan fingerprint density at radius 1 is 1.33 bits per heavy atom. The van der Waals surface area contributed by atoms with Gasteiger partial charge in [0.1, 0.15) is 19.3 Å². The Labute approximate surface area is 180 Å². The smallest absolute Gasteiger partial charge is 0.259 e. The molecule has 170 valence electrons. The van der Waals surface area contributed by atoms with Crippen LogP contribution in [-0.2, 0) is 20.7 Å². The molecule has 1 N–H and O–H groups in total. The quantitative estimate of drug-likeness (QED) is 0.435. The molecule has 1 aliphatic rings. The standard InChI is InChI=1S/C23H38N2O5/c1-16(2)10-20-23(30-15-26,21(27)25(20)14-28-7)12-18-11-19(17(3)13-24-18)29-9-8-22(4,5)6/h11,13,16,20,26H,8-10,12,14-15H2,1-7H3/t20-,23+/m0/s1. The lowest BCUT2D eigenvalue weighted by atomic mass is 9.75. The molecule has 7 nitrogen and oxygen atoms in total. The fraction of sp³-hybridized carbons (Fsp3) is 0.739. The highest BCUT2D eigenvalue weighted by molar-refractivity contribution is 5.93. The van der Waals surface area contributed by atoms with Crippen molar-refractivity contribution in [2.45, 2.75) is 72.4 Å². The highest BCUT2D eigenvalue weighted by atomic mass is 16.6. The van der Waals surface area contributed by atoms with Crippen molar-refractivity contribution in [3.63, 3.8) is 0 Å². The van der Waals surface area contributed by atoms with E-state index in [0.717, 1.165) is 24.2 Å². The van der Waals surface area contributed by atoms with Crippen LogP contribution in [0.4, 0.5) is 0 Å². The van der Waals surface area contributed by atoms with E-state index in [0.29, 0.717) is 18.2 Å². The van der Waals surface area contributed by atoms with Crippen LogP contribution in [-0.4, -0.2) is 59.8 Å². The molecule has 2 heterocycles. The number of aromatic nitrogens is 1. The zero-order valence-corrected chi connectivity index (χ0v) is 19.5. The summed E-state index contributed by atoms with van der Waals surface area (Å²) in [6.07, 6.45) is 3.72. The van der Waals surface area contributed by atoms with Gasteiger partial charge >= 0.3 is 0 Å². The predicted octanol–water partition coefficient (Wildman–Crippen LogP) is 3.31. The lowest BCUT2D eigenvalue weighted by Gasteiger charge is -2.55. The van der Waals surface area contributed by atoms with Gasteiger partial charge in [-0.1, -0.05) is 34.6 Å². The summed E-state index contributed by atoms with van der Waals surface area (Å²) in [6, 6.07) is 1.70. The summed E-state index contributed by atoms with van der Waals surface area (Å²) in [5, 5.41) is 9.55. The molecule has 0 aliphatic carbocycles. The number of methoxy groups -OCH3 is 1. The van der Waals surface area contributed by atoms with Crippen LogP contribution in [0.5, 0.6) is 5.75 Å². The molecular weight excluding hydrogens is 384 g/mol. The Bertz CT molecular complexity index is 716. The number of likely N-dealkylation sites (tertiary alicyclic amines) is 1. The van der Waals surface area contributed by atoms with Crippen molar-refractivity contribution in [2.75, 3.05) is 27.2 Å². The number of nitrogens with zero attached hydrogens (tertiary/aromatic N) is 2. The summed E-state index contributed by atoms with van der Waals surface area (Å²) in [4.78, 5) is 19.2. The van der Waals surface area contributed by atoms with Crippen LogP contribution >= 0.6 is 0 Å². The number of aryl methyl sites for hydroxylation is 1. The minimum absolute atomic E-state index is 0.179. The number of rotatable bonds is 11. The third kappa shape index (κ3) is 5.71. The summed E-state index contributed by atoms with van der Waals surface area (Å²) < 4.78 is 16.9. The van der Waals surface area contributed by atoms with Gasteiger partial charge in [0, 0.05) is 37.1 Å². The fourth-order valence-corrected chi connectivity index (χ4v) is 3.82. The van der Waals surface area contributed by atoms with Gasteiger partial charge in [-0.05, 0) is 31.1 Å². The van der Waals surface area contributed by atoms with Gasteiger partial charge in [-0.2, -0.15) is 0 Å². The molecular formula is C23H38N2O5. The second-order valence-electron chi connectivity index (χ2n) is 9.78. The highest BCUT2D eigenvalue weighted by Gasteiger charge is 2.61. The van der Waals surface area contributed by atoms with Gasteiger partial charge in [-0.25, -0.2) is 0 Å². The van der Waals surface area contributed by atoms with E-state index >= 15 is 0 Å².